The molecule has 25 heavy (non-hydrogen) atoms. The second-order valence-electron chi connectivity index (χ2n) is 5.45. The number of hydrogen-bond donors (Lipinski definition) is 2. The first-order chi connectivity index (χ1) is 11.5. The number of aromatic nitrogens is 1. The predicted octanol–water partition coefficient (Wildman–Crippen LogP) is 2.18. The van der Waals surface area contributed by atoms with Crippen LogP contribution in [0, 0.1) is 6.92 Å². The van der Waals surface area contributed by atoms with E-state index in [2.05, 4.69) is 14.5 Å². The maximum absolute atomic E-state index is 13.8. The van der Waals surface area contributed by atoms with Crippen molar-refractivity contribution in [1.29, 1.82) is 0 Å². The molecule has 0 bridgehead atoms. The average molecular weight is 364 g/mol. The molecule has 1 aromatic rings. The van der Waals surface area contributed by atoms with E-state index in [1.165, 1.54) is 33.0 Å². The van der Waals surface area contributed by atoms with Crippen molar-refractivity contribution < 1.29 is 37.2 Å². The minimum atomic E-state index is -5.22. The van der Waals surface area contributed by atoms with Crippen molar-refractivity contribution in [2.24, 2.45) is 0 Å². The summed E-state index contributed by atoms with van der Waals surface area (Å²) in [6.45, 7) is 5.61. The molecule has 1 rings (SSSR count). The Morgan fingerprint density at radius 3 is 2.44 bits per heavy atom. The highest BCUT2D eigenvalue weighted by Gasteiger charge is 2.68. The lowest BCUT2D eigenvalue weighted by atomic mass is 10.1. The van der Waals surface area contributed by atoms with Gasteiger partial charge in [0.25, 0.3) is 5.82 Å². The van der Waals surface area contributed by atoms with Crippen LogP contribution >= 0.6 is 0 Å². The lowest BCUT2D eigenvalue weighted by Gasteiger charge is -2.30. The second-order valence-corrected chi connectivity index (χ2v) is 5.45. The van der Waals surface area contributed by atoms with E-state index in [1.807, 2.05) is 5.32 Å². The molecule has 0 aliphatic heterocycles. The van der Waals surface area contributed by atoms with Gasteiger partial charge in [-0.25, -0.2) is 19.9 Å². The van der Waals surface area contributed by atoms with Gasteiger partial charge in [-0.2, -0.15) is 13.2 Å². The fourth-order valence-corrected chi connectivity index (χ4v) is 1.88. The van der Waals surface area contributed by atoms with Crippen LogP contribution in [0.3, 0.4) is 0 Å². The third kappa shape index (κ3) is 5.23. The SMILES string of the molecule is CCOC(=O)[C@](NC(=O)OC(C)C)(Nc1cc(C)cc[nH+]1)C(F)(F)F. The van der Waals surface area contributed by atoms with Gasteiger partial charge in [-0.05, 0) is 39.3 Å². The number of anilines is 1. The fraction of sp³-hybridized carbons (Fsp3) is 0.533. The number of hydrogen-bond acceptors (Lipinski definition) is 5. The molecule has 140 valence electrons. The second kappa shape index (κ2) is 8.04. The number of ether oxygens (including phenoxy) is 2. The molecule has 0 aromatic carbocycles. The summed E-state index contributed by atoms with van der Waals surface area (Å²) < 4.78 is 50.6. The molecular formula is C15H21F3N3O4+. The molecule has 1 amide bonds. The van der Waals surface area contributed by atoms with E-state index < -0.39 is 30.0 Å². The first-order valence-electron chi connectivity index (χ1n) is 7.51. The number of H-pyrrole nitrogens is 1. The molecule has 0 aliphatic rings. The molecule has 1 heterocycles. The quantitative estimate of drug-likeness (QED) is 0.596. The van der Waals surface area contributed by atoms with Crippen LogP contribution in [0.2, 0.25) is 0 Å². The van der Waals surface area contributed by atoms with Gasteiger partial charge in [0.15, 0.2) is 0 Å². The topological polar surface area (TPSA) is 90.8 Å². The molecule has 3 N–H and O–H groups in total. The molecule has 1 atom stereocenters. The number of nitrogens with one attached hydrogen (secondary N) is 3. The lowest BCUT2D eigenvalue weighted by molar-refractivity contribution is -0.363. The van der Waals surface area contributed by atoms with Gasteiger partial charge in [0.2, 0.25) is 0 Å². The Hall–Kier alpha value is -2.52. The van der Waals surface area contributed by atoms with Gasteiger partial charge in [0, 0.05) is 6.07 Å². The fourth-order valence-electron chi connectivity index (χ4n) is 1.88. The zero-order valence-electron chi connectivity index (χ0n) is 14.3. The van der Waals surface area contributed by atoms with E-state index in [0.29, 0.717) is 5.56 Å². The maximum atomic E-state index is 13.8. The summed E-state index contributed by atoms with van der Waals surface area (Å²) in [7, 11) is 0. The Morgan fingerprint density at radius 1 is 1.32 bits per heavy atom. The first-order valence-corrected chi connectivity index (χ1v) is 7.51. The van der Waals surface area contributed by atoms with Crippen molar-refractivity contribution in [2.75, 3.05) is 11.9 Å². The van der Waals surface area contributed by atoms with Crippen molar-refractivity contribution in [3.63, 3.8) is 0 Å². The number of alkyl halides is 3. The molecular weight excluding hydrogens is 343 g/mol. The molecule has 0 spiro atoms. The number of rotatable bonds is 6. The Morgan fingerprint density at radius 2 is 1.96 bits per heavy atom. The minimum absolute atomic E-state index is 0.143. The van der Waals surface area contributed by atoms with Crippen molar-refractivity contribution in [2.45, 2.75) is 45.6 Å². The number of pyridine rings is 1. The summed E-state index contributed by atoms with van der Waals surface area (Å²) in [6, 6.07) is 2.96. The highest BCUT2D eigenvalue weighted by Crippen LogP contribution is 2.32. The summed E-state index contributed by atoms with van der Waals surface area (Å²) in [5.41, 5.74) is -2.88. The number of esters is 1. The number of carbonyl (C=O) groups excluding carboxylic acids is 2. The normalized spacial score (nSPS) is 13.8. The van der Waals surface area contributed by atoms with Gasteiger partial charge in [-0.3, -0.25) is 5.32 Å². The lowest BCUT2D eigenvalue weighted by Crippen LogP contribution is -2.70. The third-order valence-electron chi connectivity index (χ3n) is 2.92. The van der Waals surface area contributed by atoms with Crippen LogP contribution in [0.25, 0.3) is 0 Å². The highest BCUT2D eigenvalue weighted by molar-refractivity contribution is 5.89. The zero-order valence-corrected chi connectivity index (χ0v) is 14.3. The van der Waals surface area contributed by atoms with Crippen LogP contribution in [0.15, 0.2) is 18.3 Å². The summed E-state index contributed by atoms with van der Waals surface area (Å²) in [4.78, 5) is 26.5. The largest absolute Gasteiger partial charge is 0.464 e. The Kier molecular flexibility index (Phi) is 6.60. The molecule has 0 unspecified atom stereocenters. The van der Waals surface area contributed by atoms with Crippen molar-refractivity contribution >= 4 is 17.9 Å². The molecule has 7 nitrogen and oxygen atoms in total. The van der Waals surface area contributed by atoms with E-state index in [1.54, 1.807) is 18.3 Å². The van der Waals surface area contributed by atoms with E-state index in [0.717, 1.165) is 0 Å². The van der Waals surface area contributed by atoms with E-state index >= 15 is 0 Å². The minimum Gasteiger partial charge on any atom is -0.461 e. The number of aromatic amines is 1. The summed E-state index contributed by atoms with van der Waals surface area (Å²) in [6.07, 6.45) is -5.93. The number of aryl methyl sites for hydroxylation is 1. The Labute approximate surface area is 142 Å². The molecule has 0 aliphatic carbocycles. The van der Waals surface area contributed by atoms with Gasteiger partial charge in [-0.15, -0.1) is 0 Å². The zero-order chi connectivity index (χ0) is 19.3. The Balaban J connectivity index is 3.33. The molecule has 1 aromatic heterocycles. The number of alkyl carbamates (subject to hydrolysis) is 1. The van der Waals surface area contributed by atoms with Crippen LogP contribution in [0.4, 0.5) is 23.8 Å². The van der Waals surface area contributed by atoms with Gasteiger partial charge >= 0.3 is 23.9 Å². The number of carbonyl (C=O) groups is 2. The smallest absolute Gasteiger partial charge is 0.461 e. The molecule has 10 heteroatoms. The van der Waals surface area contributed by atoms with Crippen LogP contribution in [0.5, 0.6) is 0 Å². The van der Waals surface area contributed by atoms with Gasteiger partial charge in [0.05, 0.1) is 18.9 Å². The van der Waals surface area contributed by atoms with Gasteiger partial charge < -0.3 is 9.47 Å². The third-order valence-corrected chi connectivity index (χ3v) is 2.92. The van der Waals surface area contributed by atoms with E-state index in [9.17, 15) is 22.8 Å². The van der Waals surface area contributed by atoms with E-state index in [-0.39, 0.29) is 12.4 Å². The molecule has 0 radical (unpaired) electrons. The molecule has 0 saturated carbocycles. The van der Waals surface area contributed by atoms with Crippen molar-refractivity contribution in [3.8, 4) is 0 Å². The van der Waals surface area contributed by atoms with Crippen LogP contribution in [-0.4, -0.2) is 36.6 Å². The van der Waals surface area contributed by atoms with Gasteiger partial charge in [0.1, 0.15) is 0 Å². The van der Waals surface area contributed by atoms with Crippen molar-refractivity contribution in [3.05, 3.63) is 23.9 Å². The molecule has 0 saturated heterocycles. The average Bonchev–Trinajstić information content (AvgIpc) is 2.44. The summed E-state index contributed by atoms with van der Waals surface area (Å²) in [5.74, 6) is -1.85. The van der Waals surface area contributed by atoms with Gasteiger partial charge in [-0.1, -0.05) is 0 Å². The van der Waals surface area contributed by atoms with E-state index in [4.69, 9.17) is 0 Å². The van der Waals surface area contributed by atoms with Crippen molar-refractivity contribution in [1.82, 2.24) is 5.32 Å². The van der Waals surface area contributed by atoms with Crippen LogP contribution in [-0.2, 0) is 14.3 Å². The first kappa shape index (κ1) is 20.5. The predicted molar refractivity (Wildman–Crippen MR) is 81.5 cm³/mol. The van der Waals surface area contributed by atoms with Crippen LogP contribution < -0.4 is 15.6 Å². The number of amides is 1. The summed E-state index contributed by atoms with van der Waals surface area (Å²) in [5, 5.41) is 3.56. The Bertz CT molecular complexity index is 622. The standard InChI is InChI=1S/C15H20F3N3O4/c1-5-24-12(22)14(15(16,17)18,21-13(23)25-9(2)3)20-11-8-10(4)6-7-19-11/h6-9H,5H2,1-4H3,(H,19,20)(H,21,23)/p+1/t14-/m1/s1. The monoisotopic (exact) mass is 364 g/mol. The highest BCUT2D eigenvalue weighted by atomic mass is 19.4. The van der Waals surface area contributed by atoms with Crippen LogP contribution in [0.1, 0.15) is 26.3 Å². The summed E-state index contributed by atoms with van der Waals surface area (Å²) >= 11 is 0. The number of halogens is 3. The maximum Gasteiger partial charge on any atom is 0.464 e. The molecule has 0 fully saturated rings.